The molecule has 1 saturated carbocycles. The summed E-state index contributed by atoms with van der Waals surface area (Å²) in [4.78, 5) is 14.4. The minimum absolute atomic E-state index is 0.0647. The van der Waals surface area contributed by atoms with Crippen molar-refractivity contribution in [3.05, 3.63) is 30.3 Å². The first kappa shape index (κ1) is 16.6. The number of hydrogen-bond acceptors (Lipinski definition) is 2. The molecular weight excluding hydrogens is 307 g/mol. The first-order valence-electron chi connectivity index (χ1n) is 7.47. The van der Waals surface area contributed by atoms with E-state index in [-0.39, 0.29) is 23.4 Å². The first-order valence-corrected chi connectivity index (χ1v) is 8.45. The van der Waals surface area contributed by atoms with Gasteiger partial charge in [-0.2, -0.15) is 0 Å². The van der Waals surface area contributed by atoms with Gasteiger partial charge in [0.05, 0.1) is 6.04 Å². The molecule has 0 aliphatic heterocycles. The highest BCUT2D eigenvalue weighted by Gasteiger charge is 2.39. The van der Waals surface area contributed by atoms with Gasteiger partial charge in [0.15, 0.2) is 0 Å². The molecule has 2 rings (SSSR count). The number of hydrogen-bond donors (Lipinski definition) is 1. The molecule has 5 heteroatoms. The Balaban J connectivity index is 2.28. The van der Waals surface area contributed by atoms with E-state index >= 15 is 0 Å². The molecule has 1 amide bonds. The minimum atomic E-state index is 0.0647. The second kappa shape index (κ2) is 8.02. The van der Waals surface area contributed by atoms with Crippen LogP contribution in [0.5, 0.6) is 0 Å². The van der Waals surface area contributed by atoms with Crippen molar-refractivity contribution in [2.45, 2.75) is 43.6 Å². The summed E-state index contributed by atoms with van der Waals surface area (Å²) < 4.78 is 0. The van der Waals surface area contributed by atoms with Crippen LogP contribution in [-0.4, -0.2) is 35.8 Å². The van der Waals surface area contributed by atoms with Crippen molar-refractivity contribution in [2.75, 3.05) is 17.3 Å². The molecule has 0 bridgehead atoms. The van der Waals surface area contributed by atoms with Gasteiger partial charge in [-0.05, 0) is 31.5 Å². The Morgan fingerprint density at radius 3 is 2.67 bits per heavy atom. The fraction of sp³-hybridized carbons (Fsp3) is 0.562. The smallest absolute Gasteiger partial charge is 0.228 e. The Kier molecular flexibility index (Phi) is 6.34. The molecule has 21 heavy (non-hydrogen) atoms. The fourth-order valence-electron chi connectivity index (χ4n) is 3.03. The third-order valence-electron chi connectivity index (χ3n) is 3.88. The molecule has 1 aromatic rings. The van der Waals surface area contributed by atoms with Crippen LogP contribution in [0.15, 0.2) is 30.3 Å². The van der Waals surface area contributed by atoms with E-state index in [2.05, 4.69) is 12.2 Å². The second-order valence-electron chi connectivity index (χ2n) is 5.34. The fourth-order valence-corrected chi connectivity index (χ4v) is 3.57. The standard InChI is InChI=1S/C16H22Cl2N2O/c1-2-19-14-10-12(18)11-15(14)20(16(21)8-9-17)13-6-4-3-5-7-13/h3-7,12,14-15,19H,2,8-11H2,1H3. The lowest BCUT2D eigenvalue weighted by Crippen LogP contribution is -2.50. The Morgan fingerprint density at radius 2 is 2.05 bits per heavy atom. The Labute approximate surface area is 136 Å². The van der Waals surface area contributed by atoms with Crippen LogP contribution in [0.2, 0.25) is 0 Å². The van der Waals surface area contributed by atoms with E-state index in [9.17, 15) is 4.79 Å². The van der Waals surface area contributed by atoms with Crippen LogP contribution in [0.3, 0.4) is 0 Å². The summed E-state index contributed by atoms with van der Waals surface area (Å²) >= 11 is 12.1. The maximum atomic E-state index is 12.6. The lowest BCUT2D eigenvalue weighted by Gasteiger charge is -2.33. The third kappa shape index (κ3) is 4.12. The molecule has 1 aliphatic rings. The van der Waals surface area contributed by atoms with Crippen molar-refractivity contribution < 1.29 is 4.79 Å². The number of halogens is 2. The predicted octanol–water partition coefficient (Wildman–Crippen LogP) is 3.40. The maximum Gasteiger partial charge on any atom is 0.228 e. The number of amides is 1. The number of carbonyl (C=O) groups is 1. The van der Waals surface area contributed by atoms with Gasteiger partial charge >= 0.3 is 0 Å². The molecule has 0 saturated heterocycles. The van der Waals surface area contributed by atoms with Crippen molar-refractivity contribution in [2.24, 2.45) is 0 Å². The molecule has 3 unspecified atom stereocenters. The summed E-state index contributed by atoms with van der Waals surface area (Å²) in [7, 11) is 0. The number of anilines is 1. The van der Waals surface area contributed by atoms with Gasteiger partial charge in [-0.1, -0.05) is 25.1 Å². The Bertz CT molecular complexity index is 455. The number of rotatable bonds is 6. The molecule has 3 nitrogen and oxygen atoms in total. The lowest BCUT2D eigenvalue weighted by atomic mass is 10.1. The number of carbonyl (C=O) groups excluding carboxylic acids is 1. The van der Waals surface area contributed by atoms with Crippen LogP contribution in [0.25, 0.3) is 0 Å². The van der Waals surface area contributed by atoms with Gasteiger partial charge in [0, 0.05) is 29.4 Å². The minimum Gasteiger partial charge on any atom is -0.312 e. The van der Waals surface area contributed by atoms with E-state index in [1.165, 1.54) is 0 Å². The molecule has 116 valence electrons. The van der Waals surface area contributed by atoms with Gasteiger partial charge < -0.3 is 10.2 Å². The zero-order chi connectivity index (χ0) is 15.2. The number of alkyl halides is 2. The van der Waals surface area contributed by atoms with E-state index in [1.54, 1.807) is 0 Å². The molecule has 0 radical (unpaired) electrons. The largest absolute Gasteiger partial charge is 0.312 e. The van der Waals surface area contributed by atoms with Crippen LogP contribution in [0.1, 0.15) is 26.2 Å². The summed E-state index contributed by atoms with van der Waals surface area (Å²) in [5.74, 6) is 0.403. The molecule has 1 aliphatic carbocycles. The summed E-state index contributed by atoms with van der Waals surface area (Å²) in [6, 6.07) is 10.1. The molecule has 0 heterocycles. The topological polar surface area (TPSA) is 32.3 Å². The Morgan fingerprint density at radius 1 is 1.33 bits per heavy atom. The molecule has 1 fully saturated rings. The van der Waals surface area contributed by atoms with Crippen LogP contribution < -0.4 is 10.2 Å². The van der Waals surface area contributed by atoms with Gasteiger partial charge in [0.25, 0.3) is 0 Å². The summed E-state index contributed by atoms with van der Waals surface area (Å²) in [5.41, 5.74) is 0.922. The third-order valence-corrected chi connectivity index (χ3v) is 4.43. The van der Waals surface area contributed by atoms with Crippen LogP contribution >= 0.6 is 23.2 Å². The average Bonchev–Trinajstić information content (AvgIpc) is 2.82. The quantitative estimate of drug-likeness (QED) is 0.812. The number of benzene rings is 1. The number of nitrogens with zero attached hydrogens (tertiary/aromatic N) is 1. The van der Waals surface area contributed by atoms with Crippen molar-refractivity contribution in [3.63, 3.8) is 0 Å². The average molecular weight is 329 g/mol. The van der Waals surface area contributed by atoms with E-state index in [0.29, 0.717) is 12.3 Å². The second-order valence-corrected chi connectivity index (χ2v) is 6.33. The molecule has 3 atom stereocenters. The number of nitrogens with one attached hydrogen (secondary N) is 1. The zero-order valence-electron chi connectivity index (χ0n) is 12.3. The predicted molar refractivity (Wildman–Crippen MR) is 89.4 cm³/mol. The molecule has 1 aromatic carbocycles. The zero-order valence-corrected chi connectivity index (χ0v) is 13.8. The molecule has 0 aromatic heterocycles. The van der Waals surface area contributed by atoms with Gasteiger partial charge in [-0.3, -0.25) is 4.79 Å². The molecular formula is C16H22Cl2N2O. The van der Waals surface area contributed by atoms with Gasteiger partial charge in [0.1, 0.15) is 0 Å². The van der Waals surface area contributed by atoms with E-state index in [4.69, 9.17) is 23.2 Å². The SMILES string of the molecule is CCNC1CC(Cl)CC1N(C(=O)CCCl)c1ccccc1. The first-order chi connectivity index (χ1) is 10.2. The van der Waals surface area contributed by atoms with E-state index in [0.717, 1.165) is 25.1 Å². The summed E-state index contributed by atoms with van der Waals surface area (Å²) in [6.45, 7) is 2.95. The highest BCUT2D eigenvalue weighted by atomic mass is 35.5. The maximum absolute atomic E-state index is 12.6. The summed E-state index contributed by atoms with van der Waals surface area (Å²) in [5, 5.41) is 3.57. The van der Waals surface area contributed by atoms with Gasteiger partial charge in [-0.15, -0.1) is 23.2 Å². The highest BCUT2D eigenvalue weighted by Crippen LogP contribution is 2.32. The van der Waals surface area contributed by atoms with E-state index in [1.807, 2.05) is 35.2 Å². The van der Waals surface area contributed by atoms with Gasteiger partial charge in [-0.25, -0.2) is 0 Å². The van der Waals surface area contributed by atoms with Crippen LogP contribution in [0.4, 0.5) is 5.69 Å². The highest BCUT2D eigenvalue weighted by molar-refractivity contribution is 6.21. The summed E-state index contributed by atoms with van der Waals surface area (Å²) in [6.07, 6.45) is 2.04. The lowest BCUT2D eigenvalue weighted by molar-refractivity contribution is -0.118. The van der Waals surface area contributed by atoms with Crippen LogP contribution in [-0.2, 0) is 4.79 Å². The van der Waals surface area contributed by atoms with Crippen molar-refractivity contribution >= 4 is 34.8 Å². The van der Waals surface area contributed by atoms with Crippen molar-refractivity contribution in [1.82, 2.24) is 5.32 Å². The normalized spacial score (nSPS) is 25.0. The number of likely N-dealkylation sites (N-methyl/N-ethyl adjacent to an activating group) is 1. The Hall–Kier alpha value is -0.770. The number of para-hydroxylation sites is 1. The molecule has 0 spiro atoms. The monoisotopic (exact) mass is 328 g/mol. The van der Waals surface area contributed by atoms with Crippen molar-refractivity contribution in [3.8, 4) is 0 Å². The van der Waals surface area contributed by atoms with Gasteiger partial charge in [0.2, 0.25) is 5.91 Å². The van der Waals surface area contributed by atoms with Crippen LogP contribution in [0, 0.1) is 0 Å². The van der Waals surface area contributed by atoms with E-state index < -0.39 is 0 Å². The van der Waals surface area contributed by atoms with Crippen molar-refractivity contribution in [1.29, 1.82) is 0 Å². The molecule has 1 N–H and O–H groups in total.